The van der Waals surface area contributed by atoms with Crippen LogP contribution in [0.15, 0.2) is 36.9 Å². The lowest BCUT2D eigenvalue weighted by Crippen LogP contribution is -1.87. The number of aryl methyl sites for hydroxylation is 2. The molecule has 0 atom stereocenters. The summed E-state index contributed by atoms with van der Waals surface area (Å²) in [6.45, 7) is 2.12. The highest BCUT2D eigenvalue weighted by atomic mass is 15.0. The molecule has 0 bridgehead atoms. The fourth-order valence-corrected chi connectivity index (χ4v) is 2.19. The van der Waals surface area contributed by atoms with Crippen LogP contribution in [-0.4, -0.2) is 14.5 Å². The van der Waals surface area contributed by atoms with E-state index in [2.05, 4.69) is 47.5 Å². The third-order valence-electron chi connectivity index (χ3n) is 3.05. The predicted octanol–water partition coefficient (Wildman–Crippen LogP) is 2.80. The van der Waals surface area contributed by atoms with E-state index in [1.165, 1.54) is 22.0 Å². The number of fused-ring (bicyclic) bond motifs is 1. The minimum atomic E-state index is 0.879. The molecule has 0 aliphatic rings. The lowest BCUT2D eigenvalue weighted by molar-refractivity contribution is 0.912. The zero-order chi connectivity index (χ0) is 11.8. The lowest BCUT2D eigenvalue weighted by Gasteiger charge is -1.97. The molecular weight excluding hydrogens is 210 g/mol. The van der Waals surface area contributed by atoms with Crippen molar-refractivity contribution in [3.05, 3.63) is 53.7 Å². The van der Waals surface area contributed by atoms with Gasteiger partial charge in [0.2, 0.25) is 0 Å². The van der Waals surface area contributed by atoms with E-state index in [9.17, 15) is 0 Å². The number of nitrogens with one attached hydrogen (secondary N) is 1. The highest BCUT2D eigenvalue weighted by Gasteiger charge is 2.06. The molecule has 0 amide bonds. The van der Waals surface area contributed by atoms with E-state index in [0.29, 0.717) is 0 Å². The van der Waals surface area contributed by atoms with Gasteiger partial charge in [-0.05, 0) is 24.6 Å². The Balaban J connectivity index is 2.03. The molecule has 0 spiro atoms. The maximum atomic E-state index is 4.37. The first-order valence-electron chi connectivity index (χ1n) is 5.76. The summed E-state index contributed by atoms with van der Waals surface area (Å²) in [6, 6.07) is 6.49. The molecule has 2 heterocycles. The van der Waals surface area contributed by atoms with Crippen molar-refractivity contribution in [2.45, 2.75) is 13.3 Å². The second kappa shape index (κ2) is 3.77. The Morgan fingerprint density at radius 3 is 3.00 bits per heavy atom. The van der Waals surface area contributed by atoms with E-state index < -0.39 is 0 Å². The molecule has 3 nitrogen and oxygen atoms in total. The summed E-state index contributed by atoms with van der Waals surface area (Å²) in [5.41, 5.74) is 4.90. The molecule has 0 aliphatic carbocycles. The van der Waals surface area contributed by atoms with Gasteiger partial charge in [-0.3, -0.25) is 0 Å². The summed E-state index contributed by atoms with van der Waals surface area (Å²) in [7, 11) is 2.00. The van der Waals surface area contributed by atoms with Crippen LogP contribution >= 0.6 is 0 Å². The van der Waals surface area contributed by atoms with E-state index in [1.54, 1.807) is 0 Å². The van der Waals surface area contributed by atoms with E-state index in [0.717, 1.165) is 12.1 Å². The van der Waals surface area contributed by atoms with Gasteiger partial charge in [-0.2, -0.15) is 0 Å². The molecule has 1 aromatic carbocycles. The Labute approximate surface area is 100 Å². The number of aromatic nitrogens is 3. The molecule has 3 aromatic rings. The lowest BCUT2D eigenvalue weighted by atomic mass is 10.1. The first-order valence-corrected chi connectivity index (χ1v) is 5.76. The van der Waals surface area contributed by atoms with Crippen LogP contribution in [0.3, 0.4) is 0 Å². The Hall–Kier alpha value is -2.03. The smallest absolute Gasteiger partial charge is 0.0946 e. The first kappa shape index (κ1) is 10.1. The number of rotatable bonds is 2. The summed E-state index contributed by atoms with van der Waals surface area (Å²) < 4.78 is 1.98. The highest BCUT2D eigenvalue weighted by Crippen LogP contribution is 2.21. The molecule has 86 valence electrons. The second-order valence-electron chi connectivity index (χ2n) is 4.57. The van der Waals surface area contributed by atoms with Gasteiger partial charge < -0.3 is 9.55 Å². The van der Waals surface area contributed by atoms with Crippen LogP contribution in [0.25, 0.3) is 10.9 Å². The van der Waals surface area contributed by atoms with Gasteiger partial charge in [0, 0.05) is 36.8 Å². The Morgan fingerprint density at radius 1 is 1.35 bits per heavy atom. The molecule has 0 aliphatic heterocycles. The summed E-state index contributed by atoms with van der Waals surface area (Å²) in [5.74, 6) is 0. The molecule has 0 radical (unpaired) electrons. The van der Waals surface area contributed by atoms with Gasteiger partial charge >= 0.3 is 0 Å². The normalized spacial score (nSPS) is 11.2. The monoisotopic (exact) mass is 225 g/mol. The first-order chi connectivity index (χ1) is 8.22. The maximum Gasteiger partial charge on any atom is 0.0946 e. The number of H-pyrrole nitrogens is 1. The van der Waals surface area contributed by atoms with Crippen LogP contribution in [0.1, 0.15) is 16.8 Å². The van der Waals surface area contributed by atoms with Crippen molar-refractivity contribution >= 4 is 10.9 Å². The Kier molecular flexibility index (Phi) is 2.25. The van der Waals surface area contributed by atoms with Crippen LogP contribution < -0.4 is 0 Å². The van der Waals surface area contributed by atoms with Crippen LogP contribution in [0.5, 0.6) is 0 Å². The van der Waals surface area contributed by atoms with E-state index >= 15 is 0 Å². The molecule has 0 saturated heterocycles. The standard InChI is InChI=1S/C14H15N3/c1-10-3-4-14-13(5-10)11(7-15-14)6-12-8-17(2)9-16-12/h3-5,7-9,15H,6H2,1-2H3. The molecular formula is C14H15N3. The molecule has 0 unspecified atom stereocenters. The van der Waals surface area contributed by atoms with Crippen LogP contribution in [0, 0.1) is 6.92 Å². The number of benzene rings is 1. The van der Waals surface area contributed by atoms with Crippen LogP contribution in [0.2, 0.25) is 0 Å². The Morgan fingerprint density at radius 2 is 2.24 bits per heavy atom. The number of imidazole rings is 1. The van der Waals surface area contributed by atoms with Crippen molar-refractivity contribution < 1.29 is 0 Å². The van der Waals surface area contributed by atoms with Crippen molar-refractivity contribution in [2.24, 2.45) is 7.05 Å². The largest absolute Gasteiger partial charge is 0.361 e. The van der Waals surface area contributed by atoms with Crippen molar-refractivity contribution in [3.63, 3.8) is 0 Å². The summed E-state index contributed by atoms with van der Waals surface area (Å²) in [5, 5.41) is 1.30. The van der Waals surface area contributed by atoms with Crippen molar-refractivity contribution in [2.75, 3.05) is 0 Å². The number of hydrogen-bond donors (Lipinski definition) is 1. The van der Waals surface area contributed by atoms with Gasteiger partial charge in [0.1, 0.15) is 0 Å². The highest BCUT2D eigenvalue weighted by molar-refractivity contribution is 5.84. The predicted molar refractivity (Wildman–Crippen MR) is 69.0 cm³/mol. The number of aromatic amines is 1. The topological polar surface area (TPSA) is 33.6 Å². The second-order valence-corrected chi connectivity index (χ2v) is 4.57. The molecule has 17 heavy (non-hydrogen) atoms. The number of nitrogens with zero attached hydrogens (tertiary/aromatic N) is 2. The van der Waals surface area contributed by atoms with Gasteiger partial charge in [0.05, 0.1) is 12.0 Å². The molecule has 0 saturated carbocycles. The van der Waals surface area contributed by atoms with Gasteiger partial charge in [-0.15, -0.1) is 0 Å². The van der Waals surface area contributed by atoms with Crippen molar-refractivity contribution in [1.82, 2.24) is 14.5 Å². The van der Waals surface area contributed by atoms with Gasteiger partial charge in [0.25, 0.3) is 0 Å². The fraction of sp³-hybridized carbons (Fsp3) is 0.214. The minimum Gasteiger partial charge on any atom is -0.361 e. The van der Waals surface area contributed by atoms with Gasteiger partial charge in [0.15, 0.2) is 0 Å². The van der Waals surface area contributed by atoms with E-state index in [-0.39, 0.29) is 0 Å². The molecule has 0 fully saturated rings. The zero-order valence-corrected chi connectivity index (χ0v) is 10.1. The minimum absolute atomic E-state index is 0.879. The van der Waals surface area contributed by atoms with Gasteiger partial charge in [-0.1, -0.05) is 11.6 Å². The summed E-state index contributed by atoms with van der Waals surface area (Å²) in [4.78, 5) is 7.68. The van der Waals surface area contributed by atoms with E-state index in [4.69, 9.17) is 0 Å². The maximum absolute atomic E-state index is 4.37. The third kappa shape index (κ3) is 1.84. The van der Waals surface area contributed by atoms with Crippen LogP contribution in [0.4, 0.5) is 0 Å². The third-order valence-corrected chi connectivity index (χ3v) is 3.05. The van der Waals surface area contributed by atoms with Crippen molar-refractivity contribution in [3.8, 4) is 0 Å². The van der Waals surface area contributed by atoms with Crippen LogP contribution in [-0.2, 0) is 13.5 Å². The molecule has 2 aromatic heterocycles. The fourth-order valence-electron chi connectivity index (χ4n) is 2.19. The SMILES string of the molecule is Cc1ccc2[nH]cc(Cc3cn(C)cn3)c2c1. The quantitative estimate of drug-likeness (QED) is 0.715. The zero-order valence-electron chi connectivity index (χ0n) is 10.1. The summed E-state index contributed by atoms with van der Waals surface area (Å²) >= 11 is 0. The Bertz CT molecular complexity index is 661. The summed E-state index contributed by atoms with van der Waals surface area (Å²) in [6.07, 6.45) is 6.87. The average molecular weight is 225 g/mol. The van der Waals surface area contributed by atoms with E-state index in [1.807, 2.05) is 17.9 Å². The number of hydrogen-bond acceptors (Lipinski definition) is 1. The average Bonchev–Trinajstić information content (AvgIpc) is 2.87. The molecule has 1 N–H and O–H groups in total. The molecule has 3 rings (SSSR count). The van der Waals surface area contributed by atoms with Gasteiger partial charge in [-0.25, -0.2) is 4.98 Å². The van der Waals surface area contributed by atoms with Crippen molar-refractivity contribution in [1.29, 1.82) is 0 Å². The molecule has 3 heteroatoms.